The maximum absolute atomic E-state index is 12.5. The van der Waals surface area contributed by atoms with E-state index in [-0.39, 0.29) is 5.91 Å². The highest BCUT2D eigenvalue weighted by Gasteiger charge is 2.17. The largest absolute Gasteiger partial charge is 0.492 e. The second-order valence-corrected chi connectivity index (χ2v) is 5.24. The van der Waals surface area contributed by atoms with Crippen LogP contribution in [0.25, 0.3) is 0 Å². The second-order valence-electron chi connectivity index (χ2n) is 5.24. The minimum absolute atomic E-state index is 0.103. The Kier molecular flexibility index (Phi) is 6.54. The van der Waals surface area contributed by atoms with E-state index in [1.165, 1.54) is 0 Å². The molecule has 21 heavy (non-hydrogen) atoms. The molecule has 2 N–H and O–H groups in total. The van der Waals surface area contributed by atoms with Gasteiger partial charge in [-0.3, -0.25) is 4.79 Å². The number of carbonyl (C=O) groups excluding carboxylic acids is 1. The molecule has 1 amide bonds. The number of ether oxygens (including phenoxy) is 1. The van der Waals surface area contributed by atoms with E-state index in [0.29, 0.717) is 49.0 Å². The molecule has 0 unspecified atom stereocenters. The van der Waals surface area contributed by atoms with Crippen molar-refractivity contribution in [3.8, 4) is 11.8 Å². The fourth-order valence-corrected chi connectivity index (χ4v) is 2.05. The highest BCUT2D eigenvalue weighted by atomic mass is 16.5. The van der Waals surface area contributed by atoms with Gasteiger partial charge in [0.2, 0.25) is 0 Å². The maximum Gasteiger partial charge on any atom is 0.253 e. The van der Waals surface area contributed by atoms with Crippen LogP contribution in [0.2, 0.25) is 0 Å². The summed E-state index contributed by atoms with van der Waals surface area (Å²) in [4.78, 5) is 14.2. The van der Waals surface area contributed by atoms with Crippen LogP contribution in [0.3, 0.4) is 0 Å². The van der Waals surface area contributed by atoms with Gasteiger partial charge in [0.15, 0.2) is 0 Å². The van der Waals surface area contributed by atoms with Crippen LogP contribution in [-0.4, -0.2) is 30.5 Å². The van der Waals surface area contributed by atoms with E-state index in [0.717, 1.165) is 0 Å². The molecule has 0 saturated carbocycles. The minimum atomic E-state index is -0.103. The van der Waals surface area contributed by atoms with Crippen molar-refractivity contribution < 1.29 is 9.53 Å². The van der Waals surface area contributed by atoms with Gasteiger partial charge in [-0.05, 0) is 31.0 Å². The second kappa shape index (κ2) is 8.15. The zero-order valence-electron chi connectivity index (χ0n) is 12.9. The lowest BCUT2D eigenvalue weighted by atomic mass is 10.1. The van der Waals surface area contributed by atoms with Crippen LogP contribution < -0.4 is 10.5 Å². The summed E-state index contributed by atoms with van der Waals surface area (Å²) >= 11 is 0. The zero-order chi connectivity index (χ0) is 15.8. The molecule has 0 aromatic heterocycles. The fraction of sp³-hybridized carbons (Fsp3) is 0.500. The average Bonchev–Trinajstić information content (AvgIpc) is 2.44. The smallest absolute Gasteiger partial charge is 0.253 e. The van der Waals surface area contributed by atoms with E-state index in [2.05, 4.69) is 6.07 Å². The van der Waals surface area contributed by atoms with Crippen molar-refractivity contribution in [1.82, 2.24) is 4.90 Å². The molecule has 0 radical (unpaired) electrons. The fourth-order valence-electron chi connectivity index (χ4n) is 2.05. The molecule has 0 bridgehead atoms. The summed E-state index contributed by atoms with van der Waals surface area (Å²) in [6.07, 6.45) is 0.324. The van der Waals surface area contributed by atoms with Gasteiger partial charge in [0, 0.05) is 18.7 Å². The molecule has 114 valence electrons. The number of hydrogen-bond donors (Lipinski definition) is 1. The zero-order valence-corrected chi connectivity index (χ0v) is 12.9. The summed E-state index contributed by atoms with van der Waals surface area (Å²) < 4.78 is 5.37. The van der Waals surface area contributed by atoms with Crippen molar-refractivity contribution in [3.63, 3.8) is 0 Å². The van der Waals surface area contributed by atoms with Crippen molar-refractivity contribution in [2.24, 2.45) is 5.92 Å². The third-order valence-electron chi connectivity index (χ3n) is 2.92. The summed E-state index contributed by atoms with van der Waals surface area (Å²) in [5.74, 6) is 0.822. The van der Waals surface area contributed by atoms with Crippen LogP contribution in [0.15, 0.2) is 18.2 Å². The van der Waals surface area contributed by atoms with Crippen LogP contribution in [0.4, 0.5) is 5.69 Å². The topological polar surface area (TPSA) is 79.3 Å². The molecular formula is C16H23N3O2. The number of carbonyl (C=O) groups is 1. The first-order valence-electron chi connectivity index (χ1n) is 7.18. The number of nitrogen functional groups attached to an aromatic ring is 1. The number of rotatable bonds is 7. The predicted molar refractivity (Wildman–Crippen MR) is 83.0 cm³/mol. The first-order chi connectivity index (χ1) is 9.99. The summed E-state index contributed by atoms with van der Waals surface area (Å²) in [7, 11) is 0. The molecular weight excluding hydrogens is 266 g/mol. The van der Waals surface area contributed by atoms with Crippen molar-refractivity contribution >= 4 is 11.6 Å². The molecule has 5 heteroatoms. The average molecular weight is 289 g/mol. The monoisotopic (exact) mass is 289 g/mol. The van der Waals surface area contributed by atoms with Crippen LogP contribution in [-0.2, 0) is 0 Å². The van der Waals surface area contributed by atoms with E-state index in [4.69, 9.17) is 15.7 Å². The lowest BCUT2D eigenvalue weighted by molar-refractivity contribution is 0.0740. The summed E-state index contributed by atoms with van der Waals surface area (Å²) in [6, 6.07) is 7.13. The number of hydrogen-bond acceptors (Lipinski definition) is 4. The number of anilines is 1. The predicted octanol–water partition coefficient (Wildman–Crippen LogP) is 2.68. The molecule has 0 aliphatic carbocycles. The van der Waals surface area contributed by atoms with E-state index in [1.807, 2.05) is 20.8 Å². The molecule has 1 aromatic carbocycles. The highest BCUT2D eigenvalue weighted by molar-refractivity contribution is 5.95. The number of nitrogens with zero attached hydrogens (tertiary/aromatic N) is 2. The summed E-state index contributed by atoms with van der Waals surface area (Å²) in [6.45, 7) is 7.54. The Bertz CT molecular complexity index is 521. The van der Waals surface area contributed by atoms with E-state index in [1.54, 1.807) is 23.1 Å². The highest BCUT2D eigenvalue weighted by Crippen LogP contribution is 2.23. The molecule has 5 nitrogen and oxygen atoms in total. The minimum Gasteiger partial charge on any atom is -0.492 e. The first-order valence-corrected chi connectivity index (χ1v) is 7.18. The maximum atomic E-state index is 12.5. The number of amides is 1. The Balaban J connectivity index is 2.92. The number of nitriles is 1. The van der Waals surface area contributed by atoms with Crippen molar-refractivity contribution in [1.29, 1.82) is 5.26 Å². The molecule has 0 aliphatic rings. The van der Waals surface area contributed by atoms with E-state index >= 15 is 0 Å². The summed E-state index contributed by atoms with van der Waals surface area (Å²) in [5, 5.41) is 8.72. The number of nitrogens with two attached hydrogens (primary N) is 1. The molecule has 0 heterocycles. The lowest BCUT2D eigenvalue weighted by Crippen LogP contribution is -2.35. The van der Waals surface area contributed by atoms with Gasteiger partial charge in [0.25, 0.3) is 5.91 Å². The van der Waals surface area contributed by atoms with Gasteiger partial charge in [-0.1, -0.05) is 13.8 Å². The number of benzene rings is 1. The Morgan fingerprint density at radius 3 is 2.71 bits per heavy atom. The Labute approximate surface area is 126 Å². The molecule has 1 rings (SSSR count). The van der Waals surface area contributed by atoms with Crippen molar-refractivity contribution in [3.05, 3.63) is 23.8 Å². The Hall–Kier alpha value is -2.22. The van der Waals surface area contributed by atoms with Gasteiger partial charge in [0.1, 0.15) is 5.75 Å². The van der Waals surface area contributed by atoms with Crippen LogP contribution in [0.5, 0.6) is 5.75 Å². The van der Waals surface area contributed by atoms with Crippen LogP contribution in [0.1, 0.15) is 37.6 Å². The van der Waals surface area contributed by atoms with Gasteiger partial charge < -0.3 is 15.4 Å². The van der Waals surface area contributed by atoms with E-state index < -0.39 is 0 Å². The third-order valence-corrected chi connectivity index (χ3v) is 2.92. The van der Waals surface area contributed by atoms with Crippen molar-refractivity contribution in [2.45, 2.75) is 27.2 Å². The molecule has 1 aromatic rings. The SMILES string of the molecule is CCOc1ccc(C(=O)N(CCC#N)CC(C)C)cc1N. The molecule has 0 fully saturated rings. The van der Waals surface area contributed by atoms with Gasteiger partial charge >= 0.3 is 0 Å². The quantitative estimate of drug-likeness (QED) is 0.783. The Morgan fingerprint density at radius 2 is 2.19 bits per heavy atom. The lowest BCUT2D eigenvalue weighted by Gasteiger charge is -2.24. The Morgan fingerprint density at radius 1 is 1.48 bits per heavy atom. The molecule has 0 atom stereocenters. The standard InChI is InChI=1S/C16H23N3O2/c1-4-21-15-7-6-13(10-14(15)18)16(20)19(9-5-8-17)11-12(2)3/h6-7,10,12H,4-5,9,11,18H2,1-3H3. The van der Waals surface area contributed by atoms with Crippen LogP contribution >= 0.6 is 0 Å². The van der Waals surface area contributed by atoms with E-state index in [9.17, 15) is 4.79 Å². The molecule has 0 aliphatic heterocycles. The van der Waals surface area contributed by atoms with Gasteiger partial charge in [-0.25, -0.2) is 0 Å². The first kappa shape index (κ1) is 16.8. The van der Waals surface area contributed by atoms with Gasteiger partial charge in [-0.2, -0.15) is 5.26 Å². The molecule has 0 saturated heterocycles. The van der Waals surface area contributed by atoms with Gasteiger partial charge in [-0.15, -0.1) is 0 Å². The normalized spacial score (nSPS) is 10.2. The van der Waals surface area contributed by atoms with Crippen LogP contribution in [0, 0.1) is 17.2 Å². The summed E-state index contributed by atoms with van der Waals surface area (Å²) in [5.41, 5.74) is 6.87. The van der Waals surface area contributed by atoms with Crippen molar-refractivity contribution in [2.75, 3.05) is 25.4 Å². The molecule has 0 spiro atoms. The van der Waals surface area contributed by atoms with Gasteiger partial charge in [0.05, 0.1) is 24.8 Å². The third kappa shape index (κ3) is 4.99.